The highest BCUT2D eigenvalue weighted by molar-refractivity contribution is 6.31. The fourth-order valence-corrected chi connectivity index (χ4v) is 2.87. The van der Waals surface area contributed by atoms with E-state index in [9.17, 15) is 9.90 Å². The zero-order chi connectivity index (χ0) is 13.9. The quantitative estimate of drug-likeness (QED) is 0.894. The number of aliphatic hydroxyl groups excluding tert-OH is 1. The molecule has 2 N–H and O–H groups in total. The molecular weight excluding hydrogens is 262 g/mol. The van der Waals surface area contributed by atoms with Crippen LogP contribution < -0.4 is 5.32 Å². The molecule has 0 saturated heterocycles. The molecule has 0 radical (unpaired) electrons. The van der Waals surface area contributed by atoms with Crippen LogP contribution in [0.5, 0.6) is 0 Å². The molecule has 4 heteroatoms. The summed E-state index contributed by atoms with van der Waals surface area (Å²) in [5.74, 6) is -0.143. The molecule has 1 aliphatic rings. The van der Waals surface area contributed by atoms with Gasteiger partial charge in [-0.15, -0.1) is 0 Å². The fraction of sp³-hybridized carbons (Fsp3) is 0.533. The number of nitrogens with one attached hydrogen (secondary N) is 1. The van der Waals surface area contributed by atoms with Crippen LogP contribution in [0.25, 0.3) is 0 Å². The lowest BCUT2D eigenvalue weighted by atomic mass is 9.82. The molecule has 0 bridgehead atoms. The van der Waals surface area contributed by atoms with Crippen molar-refractivity contribution in [3.05, 3.63) is 34.3 Å². The van der Waals surface area contributed by atoms with E-state index in [0.29, 0.717) is 10.6 Å². The van der Waals surface area contributed by atoms with E-state index < -0.39 is 5.54 Å². The van der Waals surface area contributed by atoms with Gasteiger partial charge >= 0.3 is 0 Å². The number of hydrogen-bond acceptors (Lipinski definition) is 2. The van der Waals surface area contributed by atoms with E-state index in [2.05, 4.69) is 5.32 Å². The molecule has 0 heterocycles. The van der Waals surface area contributed by atoms with Crippen molar-refractivity contribution in [1.82, 2.24) is 5.32 Å². The van der Waals surface area contributed by atoms with Crippen molar-refractivity contribution in [2.75, 3.05) is 6.61 Å². The van der Waals surface area contributed by atoms with Gasteiger partial charge in [-0.25, -0.2) is 0 Å². The van der Waals surface area contributed by atoms with E-state index in [1.807, 2.05) is 13.0 Å². The highest BCUT2D eigenvalue weighted by Crippen LogP contribution is 2.28. The van der Waals surface area contributed by atoms with Crippen molar-refractivity contribution in [3.63, 3.8) is 0 Å². The van der Waals surface area contributed by atoms with Crippen LogP contribution >= 0.6 is 11.6 Å². The molecule has 1 aromatic rings. The fourth-order valence-electron chi connectivity index (χ4n) is 2.70. The topological polar surface area (TPSA) is 49.3 Å². The molecule has 0 unspecified atom stereocenters. The van der Waals surface area contributed by atoms with E-state index in [1.165, 1.54) is 6.42 Å². The van der Waals surface area contributed by atoms with Crippen molar-refractivity contribution in [3.8, 4) is 0 Å². The predicted octanol–water partition coefficient (Wildman–Crippen LogP) is 3.07. The molecular formula is C15H20ClNO2. The minimum atomic E-state index is -0.454. The van der Waals surface area contributed by atoms with Crippen molar-refractivity contribution in [2.24, 2.45) is 0 Å². The summed E-state index contributed by atoms with van der Waals surface area (Å²) in [6.07, 6.45) is 4.96. The SMILES string of the molecule is Cc1ccc(Cl)cc1C(=O)NC1(CO)CCCCC1. The largest absolute Gasteiger partial charge is 0.394 e. The minimum absolute atomic E-state index is 0.00163. The van der Waals surface area contributed by atoms with Crippen molar-refractivity contribution >= 4 is 17.5 Å². The number of benzene rings is 1. The molecule has 3 nitrogen and oxygen atoms in total. The Labute approximate surface area is 119 Å². The smallest absolute Gasteiger partial charge is 0.252 e. The molecule has 1 fully saturated rings. The first-order valence-corrected chi connectivity index (χ1v) is 7.14. The monoisotopic (exact) mass is 281 g/mol. The van der Waals surface area contributed by atoms with Crippen LogP contribution in [0.15, 0.2) is 18.2 Å². The normalized spacial score (nSPS) is 18.1. The Morgan fingerprint density at radius 3 is 2.68 bits per heavy atom. The summed E-state index contributed by atoms with van der Waals surface area (Å²) in [7, 11) is 0. The molecule has 1 saturated carbocycles. The Morgan fingerprint density at radius 2 is 2.05 bits per heavy atom. The molecule has 2 rings (SSSR count). The van der Waals surface area contributed by atoms with Gasteiger partial charge in [-0.3, -0.25) is 4.79 Å². The maximum Gasteiger partial charge on any atom is 0.252 e. The Balaban J connectivity index is 2.17. The number of halogens is 1. The number of amides is 1. The van der Waals surface area contributed by atoms with Crippen molar-refractivity contribution in [1.29, 1.82) is 0 Å². The number of hydrogen-bond donors (Lipinski definition) is 2. The Kier molecular flexibility index (Phi) is 4.48. The van der Waals surface area contributed by atoms with Gasteiger partial charge in [0.15, 0.2) is 0 Å². The Bertz CT molecular complexity index is 467. The first kappa shape index (κ1) is 14.4. The number of rotatable bonds is 3. The summed E-state index contributed by atoms with van der Waals surface area (Å²) < 4.78 is 0. The molecule has 0 aliphatic heterocycles. The summed E-state index contributed by atoms with van der Waals surface area (Å²) in [6, 6.07) is 5.29. The predicted molar refractivity (Wildman–Crippen MR) is 76.6 cm³/mol. The lowest BCUT2D eigenvalue weighted by Gasteiger charge is -2.36. The summed E-state index contributed by atoms with van der Waals surface area (Å²) in [5.41, 5.74) is 1.03. The molecule has 1 aliphatic carbocycles. The van der Waals surface area contributed by atoms with E-state index in [4.69, 9.17) is 11.6 Å². The van der Waals surface area contributed by atoms with Crippen LogP contribution in [0.1, 0.15) is 48.0 Å². The van der Waals surface area contributed by atoms with Gasteiger partial charge in [-0.1, -0.05) is 36.9 Å². The lowest BCUT2D eigenvalue weighted by Crippen LogP contribution is -2.52. The van der Waals surface area contributed by atoms with Gasteiger partial charge in [0.25, 0.3) is 5.91 Å². The number of aliphatic hydroxyl groups is 1. The molecule has 0 aromatic heterocycles. The number of aryl methyl sites for hydroxylation is 1. The van der Waals surface area contributed by atoms with Crippen LogP contribution in [-0.4, -0.2) is 23.2 Å². The van der Waals surface area contributed by atoms with E-state index in [-0.39, 0.29) is 12.5 Å². The first-order chi connectivity index (χ1) is 9.06. The molecule has 19 heavy (non-hydrogen) atoms. The molecule has 0 atom stereocenters. The second-order valence-corrected chi connectivity index (χ2v) is 5.85. The third-order valence-electron chi connectivity index (χ3n) is 3.94. The van der Waals surface area contributed by atoms with Gasteiger partial charge in [-0.2, -0.15) is 0 Å². The first-order valence-electron chi connectivity index (χ1n) is 6.76. The summed E-state index contributed by atoms with van der Waals surface area (Å²) in [6.45, 7) is 1.89. The van der Waals surface area contributed by atoms with Gasteiger partial charge in [0.2, 0.25) is 0 Å². The van der Waals surface area contributed by atoms with Crippen LogP contribution in [0.4, 0.5) is 0 Å². The molecule has 0 spiro atoms. The van der Waals surface area contributed by atoms with Crippen LogP contribution in [0, 0.1) is 6.92 Å². The Hall–Kier alpha value is -1.06. The zero-order valence-corrected chi connectivity index (χ0v) is 12.0. The minimum Gasteiger partial charge on any atom is -0.394 e. The van der Waals surface area contributed by atoms with E-state index in [1.54, 1.807) is 12.1 Å². The van der Waals surface area contributed by atoms with Gasteiger partial charge in [0, 0.05) is 10.6 Å². The maximum absolute atomic E-state index is 12.4. The molecule has 1 aromatic carbocycles. The maximum atomic E-state index is 12.4. The van der Waals surface area contributed by atoms with Crippen LogP contribution in [0.2, 0.25) is 5.02 Å². The molecule has 104 valence electrons. The average molecular weight is 282 g/mol. The van der Waals surface area contributed by atoms with Crippen molar-refractivity contribution in [2.45, 2.75) is 44.6 Å². The van der Waals surface area contributed by atoms with E-state index in [0.717, 1.165) is 31.2 Å². The standard InChI is InChI=1S/C15H20ClNO2/c1-11-5-6-12(16)9-13(11)14(19)17-15(10-18)7-3-2-4-8-15/h5-6,9,18H,2-4,7-8,10H2,1H3,(H,17,19). The average Bonchev–Trinajstić information content (AvgIpc) is 2.42. The summed E-state index contributed by atoms with van der Waals surface area (Å²) in [5, 5.41) is 13.2. The summed E-state index contributed by atoms with van der Waals surface area (Å²) >= 11 is 5.94. The van der Waals surface area contributed by atoms with Gasteiger partial charge in [-0.05, 0) is 37.5 Å². The number of carbonyl (C=O) groups excluding carboxylic acids is 1. The van der Waals surface area contributed by atoms with Gasteiger partial charge < -0.3 is 10.4 Å². The van der Waals surface area contributed by atoms with Gasteiger partial charge in [0.05, 0.1) is 12.1 Å². The van der Waals surface area contributed by atoms with Gasteiger partial charge in [0.1, 0.15) is 0 Å². The highest BCUT2D eigenvalue weighted by Gasteiger charge is 2.33. The zero-order valence-electron chi connectivity index (χ0n) is 11.2. The lowest BCUT2D eigenvalue weighted by molar-refractivity contribution is 0.0758. The third kappa shape index (κ3) is 3.28. The van der Waals surface area contributed by atoms with E-state index >= 15 is 0 Å². The molecule has 1 amide bonds. The number of carbonyl (C=O) groups is 1. The second kappa shape index (κ2) is 5.93. The third-order valence-corrected chi connectivity index (χ3v) is 4.17. The van der Waals surface area contributed by atoms with Crippen LogP contribution in [-0.2, 0) is 0 Å². The highest BCUT2D eigenvalue weighted by atomic mass is 35.5. The van der Waals surface area contributed by atoms with Crippen LogP contribution in [0.3, 0.4) is 0 Å². The summed E-state index contributed by atoms with van der Waals surface area (Å²) in [4.78, 5) is 12.4. The second-order valence-electron chi connectivity index (χ2n) is 5.41. The Morgan fingerprint density at radius 1 is 1.37 bits per heavy atom. The van der Waals surface area contributed by atoms with Crippen molar-refractivity contribution < 1.29 is 9.90 Å².